The second kappa shape index (κ2) is 11.0. The molecule has 0 radical (unpaired) electrons. The first-order chi connectivity index (χ1) is 17.2. The van der Waals surface area contributed by atoms with Crippen LogP contribution < -0.4 is 15.4 Å². The van der Waals surface area contributed by atoms with Gasteiger partial charge in [0.15, 0.2) is 0 Å². The van der Waals surface area contributed by atoms with Gasteiger partial charge < -0.3 is 10.1 Å². The summed E-state index contributed by atoms with van der Waals surface area (Å²) in [5, 5.41) is 5.92. The Balaban J connectivity index is 1.51. The molecule has 0 fully saturated rings. The molecule has 0 aromatic heterocycles. The number of hydrogen-bond donors (Lipinski definition) is 2. The van der Waals surface area contributed by atoms with Crippen molar-refractivity contribution in [3.8, 4) is 22.6 Å². The molecule has 0 saturated carbocycles. The van der Waals surface area contributed by atoms with Gasteiger partial charge in [0.2, 0.25) is 0 Å². The molecule has 0 aliphatic carbocycles. The van der Waals surface area contributed by atoms with Crippen LogP contribution in [0.15, 0.2) is 78.9 Å². The van der Waals surface area contributed by atoms with E-state index in [0.29, 0.717) is 38.4 Å². The molecule has 4 aromatic rings. The molecule has 0 saturated heterocycles. The Morgan fingerprint density at radius 2 is 1.47 bits per heavy atom. The van der Waals surface area contributed by atoms with Crippen LogP contribution in [-0.4, -0.2) is 11.9 Å². The molecule has 182 valence electrons. The first-order valence-electron chi connectivity index (χ1n) is 10.9. The summed E-state index contributed by atoms with van der Waals surface area (Å²) in [7, 11) is 0. The van der Waals surface area contributed by atoms with Gasteiger partial charge in [0.25, 0.3) is 5.91 Å². The molecule has 0 aliphatic rings. The Morgan fingerprint density at radius 1 is 0.778 bits per heavy atom. The Labute approximate surface area is 224 Å². The molecule has 0 heterocycles. The lowest BCUT2D eigenvalue weighted by Crippen LogP contribution is -2.34. The molecule has 0 aliphatic heterocycles. The summed E-state index contributed by atoms with van der Waals surface area (Å²) in [5.74, 6) is 0.248. The van der Waals surface area contributed by atoms with Crippen molar-refractivity contribution < 1.29 is 14.3 Å². The minimum Gasteiger partial charge on any atom is -0.454 e. The van der Waals surface area contributed by atoms with E-state index < -0.39 is 11.9 Å². The summed E-state index contributed by atoms with van der Waals surface area (Å²) in [6.07, 6.45) is 0. The van der Waals surface area contributed by atoms with E-state index in [4.69, 9.17) is 39.5 Å². The Kier molecular flexibility index (Phi) is 7.85. The highest BCUT2D eigenvalue weighted by atomic mass is 35.5. The smallest absolute Gasteiger partial charge is 0.326 e. The van der Waals surface area contributed by atoms with E-state index in [1.54, 1.807) is 44.2 Å². The minimum atomic E-state index is -0.716. The van der Waals surface area contributed by atoms with Gasteiger partial charge in [0, 0.05) is 5.69 Å². The Bertz CT molecular complexity index is 1460. The number of carbonyl (C=O) groups is 2. The molecule has 0 atom stereocenters. The van der Waals surface area contributed by atoms with Gasteiger partial charge >= 0.3 is 6.03 Å². The van der Waals surface area contributed by atoms with E-state index in [1.807, 2.05) is 42.5 Å². The molecule has 2 N–H and O–H groups in total. The number of benzene rings is 4. The maximum Gasteiger partial charge on any atom is 0.326 e. The number of carbonyl (C=O) groups excluding carboxylic acids is 2. The molecular weight excluding hydrogens is 519 g/mol. The fraction of sp³-hybridized carbons (Fsp3) is 0.0714. The second-order valence-electron chi connectivity index (χ2n) is 8.01. The highest BCUT2D eigenvalue weighted by molar-refractivity contribution is 6.35. The van der Waals surface area contributed by atoms with E-state index in [-0.39, 0.29) is 10.6 Å². The minimum absolute atomic E-state index is 0.194. The predicted octanol–water partition coefficient (Wildman–Crippen LogP) is 8.68. The van der Waals surface area contributed by atoms with Crippen LogP contribution in [0.1, 0.15) is 21.5 Å². The van der Waals surface area contributed by atoms with Crippen LogP contribution in [0.5, 0.6) is 11.5 Å². The number of anilines is 1. The number of rotatable bonds is 5. The van der Waals surface area contributed by atoms with Gasteiger partial charge in [-0.3, -0.25) is 10.1 Å². The van der Waals surface area contributed by atoms with Crippen molar-refractivity contribution in [1.29, 1.82) is 0 Å². The van der Waals surface area contributed by atoms with E-state index in [2.05, 4.69) is 10.6 Å². The summed E-state index contributed by atoms with van der Waals surface area (Å²) >= 11 is 19.2. The molecular formula is C28H21Cl3N2O3. The van der Waals surface area contributed by atoms with Crippen molar-refractivity contribution in [2.75, 3.05) is 5.32 Å². The third-order valence-electron chi connectivity index (χ3n) is 5.50. The lowest BCUT2D eigenvalue weighted by atomic mass is 10.1. The fourth-order valence-electron chi connectivity index (χ4n) is 3.58. The van der Waals surface area contributed by atoms with E-state index in [9.17, 15) is 9.59 Å². The van der Waals surface area contributed by atoms with Crippen LogP contribution in [0.2, 0.25) is 15.1 Å². The van der Waals surface area contributed by atoms with Crippen LogP contribution in [0.25, 0.3) is 11.1 Å². The van der Waals surface area contributed by atoms with Crippen molar-refractivity contribution in [2.45, 2.75) is 13.8 Å². The Morgan fingerprint density at radius 3 is 2.17 bits per heavy atom. The van der Waals surface area contributed by atoms with Gasteiger partial charge in [-0.2, -0.15) is 0 Å². The number of ether oxygens (including phenoxy) is 1. The van der Waals surface area contributed by atoms with Crippen LogP contribution in [0, 0.1) is 13.8 Å². The summed E-state index contributed by atoms with van der Waals surface area (Å²) in [4.78, 5) is 24.8. The summed E-state index contributed by atoms with van der Waals surface area (Å²) in [6, 6.07) is 22.9. The fourth-order valence-corrected chi connectivity index (χ4v) is 4.31. The standard InChI is InChI=1S/C28H21Cl3N2O3/c1-16-14-23(32-28(35)33-27(34)20-10-6-7-11-21(20)29)17(2)25(31)26(16)36-24-13-12-19(15-22(24)30)18-8-4-3-5-9-18/h3-15H,1-2H3,(H2,32,33,34,35). The number of amides is 3. The third-order valence-corrected chi connectivity index (χ3v) is 6.58. The maximum atomic E-state index is 12.5. The van der Waals surface area contributed by atoms with Gasteiger partial charge in [-0.25, -0.2) is 4.79 Å². The molecule has 0 bridgehead atoms. The average Bonchev–Trinajstić information content (AvgIpc) is 2.86. The van der Waals surface area contributed by atoms with Gasteiger partial charge in [-0.05, 0) is 66.4 Å². The normalized spacial score (nSPS) is 10.6. The maximum absolute atomic E-state index is 12.5. The number of aryl methyl sites for hydroxylation is 1. The van der Waals surface area contributed by atoms with Crippen LogP contribution in [0.4, 0.5) is 10.5 Å². The summed E-state index contributed by atoms with van der Waals surface area (Å²) in [5.41, 5.74) is 3.86. The van der Waals surface area contributed by atoms with Crippen LogP contribution in [0.3, 0.4) is 0 Å². The Hall–Kier alpha value is -3.51. The van der Waals surface area contributed by atoms with E-state index >= 15 is 0 Å². The lowest BCUT2D eigenvalue weighted by molar-refractivity contribution is 0.0967. The first-order valence-corrected chi connectivity index (χ1v) is 12.1. The average molecular weight is 540 g/mol. The van der Waals surface area contributed by atoms with Crippen molar-refractivity contribution >= 4 is 52.4 Å². The lowest BCUT2D eigenvalue weighted by Gasteiger charge is -2.17. The molecule has 8 heteroatoms. The van der Waals surface area contributed by atoms with Gasteiger partial charge in [-0.1, -0.05) is 83.3 Å². The topological polar surface area (TPSA) is 67.4 Å². The zero-order valence-corrected chi connectivity index (χ0v) is 21.6. The van der Waals surface area contributed by atoms with Gasteiger partial charge in [0.05, 0.1) is 20.6 Å². The molecule has 5 nitrogen and oxygen atoms in total. The quantitative estimate of drug-likeness (QED) is 0.266. The van der Waals surface area contributed by atoms with Crippen LogP contribution in [-0.2, 0) is 0 Å². The van der Waals surface area contributed by atoms with Crippen molar-refractivity contribution in [1.82, 2.24) is 5.32 Å². The predicted molar refractivity (Wildman–Crippen MR) is 146 cm³/mol. The molecule has 3 amide bonds. The molecule has 4 rings (SSSR count). The zero-order chi connectivity index (χ0) is 25.8. The third kappa shape index (κ3) is 5.65. The van der Waals surface area contributed by atoms with Crippen molar-refractivity contribution in [3.05, 3.63) is 111 Å². The molecule has 0 spiro atoms. The first kappa shape index (κ1) is 25.6. The highest BCUT2D eigenvalue weighted by Gasteiger charge is 2.19. The number of urea groups is 1. The molecule has 36 heavy (non-hydrogen) atoms. The van der Waals surface area contributed by atoms with Crippen molar-refractivity contribution in [2.24, 2.45) is 0 Å². The van der Waals surface area contributed by atoms with Crippen LogP contribution >= 0.6 is 34.8 Å². The van der Waals surface area contributed by atoms with Gasteiger partial charge in [0.1, 0.15) is 11.5 Å². The summed E-state index contributed by atoms with van der Waals surface area (Å²) in [6.45, 7) is 3.53. The number of hydrogen-bond acceptors (Lipinski definition) is 3. The number of nitrogens with one attached hydrogen (secondary N) is 2. The van der Waals surface area contributed by atoms with E-state index in [0.717, 1.165) is 11.1 Å². The SMILES string of the molecule is Cc1cc(NC(=O)NC(=O)c2ccccc2Cl)c(C)c(Cl)c1Oc1ccc(-c2ccccc2)cc1Cl. The zero-order valence-electron chi connectivity index (χ0n) is 19.4. The summed E-state index contributed by atoms with van der Waals surface area (Å²) < 4.78 is 6.08. The number of imide groups is 1. The second-order valence-corrected chi connectivity index (χ2v) is 9.20. The van der Waals surface area contributed by atoms with Gasteiger partial charge in [-0.15, -0.1) is 0 Å². The largest absolute Gasteiger partial charge is 0.454 e. The molecule has 4 aromatic carbocycles. The molecule has 0 unspecified atom stereocenters. The number of halogens is 3. The highest BCUT2D eigenvalue weighted by Crippen LogP contribution is 2.41. The monoisotopic (exact) mass is 538 g/mol. The van der Waals surface area contributed by atoms with Crippen molar-refractivity contribution in [3.63, 3.8) is 0 Å². The van der Waals surface area contributed by atoms with E-state index in [1.165, 1.54) is 6.07 Å².